The molecule has 1 aromatic heterocycles. The highest BCUT2D eigenvalue weighted by atomic mass is 16.5. The van der Waals surface area contributed by atoms with Crippen LogP contribution in [0.4, 0.5) is 0 Å². The Balaban J connectivity index is 1.49. The molecule has 2 atom stereocenters. The lowest BCUT2D eigenvalue weighted by Crippen LogP contribution is -2.55. The number of aromatic nitrogens is 1. The van der Waals surface area contributed by atoms with Crippen molar-refractivity contribution in [1.82, 2.24) is 4.98 Å². The maximum atomic E-state index is 10.9. The first kappa shape index (κ1) is 14.6. The third-order valence-electron chi connectivity index (χ3n) is 7.22. The smallest absolute Gasteiger partial charge is 0.531 e. The average molecular weight is 335 g/mol. The summed E-state index contributed by atoms with van der Waals surface area (Å²) in [5, 5.41) is 21.2. The number of hydrogen-bond donors (Lipinski definition) is 2. The van der Waals surface area contributed by atoms with Gasteiger partial charge in [-0.1, -0.05) is 12.2 Å². The van der Waals surface area contributed by atoms with Crippen LogP contribution in [0.25, 0.3) is 11.6 Å². The van der Waals surface area contributed by atoms with E-state index >= 15 is 0 Å². The van der Waals surface area contributed by atoms with Crippen molar-refractivity contribution >= 4 is 18.8 Å². The molecule has 0 saturated heterocycles. The molecule has 2 unspecified atom stereocenters. The molecule has 2 heterocycles. The summed E-state index contributed by atoms with van der Waals surface area (Å²) in [6.07, 6.45) is 12.2. The van der Waals surface area contributed by atoms with Gasteiger partial charge in [-0.05, 0) is 67.3 Å². The summed E-state index contributed by atoms with van der Waals surface area (Å²) in [6, 6.07) is 0. The molecule has 2 N–H and O–H groups in total. The van der Waals surface area contributed by atoms with Crippen LogP contribution in [0, 0.1) is 23.7 Å². The molecule has 4 bridgehead atoms. The summed E-state index contributed by atoms with van der Waals surface area (Å²) >= 11 is 0. The fourth-order valence-electron chi connectivity index (χ4n) is 6.73. The number of aliphatic hydroxyl groups is 1. The van der Waals surface area contributed by atoms with E-state index in [2.05, 4.69) is 17.1 Å². The number of allylic oxidation sites excluding steroid dienone is 2. The van der Waals surface area contributed by atoms with Gasteiger partial charge in [-0.15, -0.1) is 0 Å². The van der Waals surface area contributed by atoms with Gasteiger partial charge < -0.3 is 14.8 Å². The van der Waals surface area contributed by atoms with Gasteiger partial charge in [0, 0.05) is 17.5 Å². The third-order valence-corrected chi connectivity index (χ3v) is 7.22. The minimum absolute atomic E-state index is 0.426. The van der Waals surface area contributed by atoms with Crippen molar-refractivity contribution in [3.8, 4) is 5.75 Å². The first-order valence-electron chi connectivity index (χ1n) is 9.57. The predicted molar refractivity (Wildman–Crippen MR) is 95.5 cm³/mol. The van der Waals surface area contributed by atoms with Crippen molar-refractivity contribution in [2.75, 3.05) is 0 Å². The Morgan fingerprint density at radius 1 is 1.20 bits per heavy atom. The number of hydrogen-bond acceptors (Lipinski definition) is 4. The van der Waals surface area contributed by atoms with E-state index in [-0.39, 0.29) is 0 Å². The Labute approximate surface area is 147 Å². The molecule has 0 aromatic carbocycles. The summed E-state index contributed by atoms with van der Waals surface area (Å²) in [5.74, 6) is 4.79. The van der Waals surface area contributed by atoms with E-state index in [0.717, 1.165) is 36.9 Å². The average Bonchev–Trinajstić information content (AvgIpc) is 3.00. The standard InChI is InChI=1S/C20H22BNO3/c23-20-6-11-4-12(7-20)18(13(5-11)8-20)15-9-21(24)25-17-10-22-16-3-1-2-14(16)19(15)17/h1-2,9-13,18,23-24H,3-8H2. The molecule has 4 saturated carbocycles. The molecule has 25 heavy (non-hydrogen) atoms. The van der Waals surface area contributed by atoms with Gasteiger partial charge in [0.05, 0.1) is 17.5 Å². The number of fused-ring (bicyclic) bond motifs is 3. The second kappa shape index (κ2) is 4.77. The Morgan fingerprint density at radius 2 is 2.00 bits per heavy atom. The highest BCUT2D eigenvalue weighted by Gasteiger charge is 2.56. The second-order valence-corrected chi connectivity index (χ2v) is 8.81. The van der Waals surface area contributed by atoms with Gasteiger partial charge in [0.1, 0.15) is 5.75 Å². The highest BCUT2D eigenvalue weighted by Crippen LogP contribution is 2.62. The largest absolute Gasteiger partial charge is 0.552 e. The Morgan fingerprint density at radius 3 is 2.76 bits per heavy atom. The van der Waals surface area contributed by atoms with E-state index in [1.807, 2.05) is 5.98 Å². The summed E-state index contributed by atoms with van der Waals surface area (Å²) < 4.78 is 5.68. The van der Waals surface area contributed by atoms with E-state index in [1.165, 1.54) is 24.0 Å². The van der Waals surface area contributed by atoms with Crippen molar-refractivity contribution in [2.24, 2.45) is 23.7 Å². The first-order valence-corrected chi connectivity index (χ1v) is 9.57. The lowest BCUT2D eigenvalue weighted by atomic mass is 9.48. The summed E-state index contributed by atoms with van der Waals surface area (Å²) in [5.41, 5.74) is 4.24. The molecule has 1 aliphatic heterocycles. The zero-order valence-electron chi connectivity index (χ0n) is 14.2. The van der Waals surface area contributed by atoms with Crippen molar-refractivity contribution in [1.29, 1.82) is 0 Å². The van der Waals surface area contributed by atoms with Crippen molar-refractivity contribution in [3.05, 3.63) is 35.1 Å². The maximum Gasteiger partial charge on any atom is 0.552 e. The van der Waals surface area contributed by atoms with E-state index in [4.69, 9.17) is 4.65 Å². The number of pyridine rings is 1. The lowest BCUT2D eigenvalue weighted by molar-refractivity contribution is -0.139. The van der Waals surface area contributed by atoms with Crippen LogP contribution in [-0.4, -0.2) is 27.8 Å². The lowest BCUT2D eigenvalue weighted by Gasteiger charge is -2.59. The zero-order valence-corrected chi connectivity index (χ0v) is 14.2. The van der Waals surface area contributed by atoms with Crippen LogP contribution in [0.1, 0.15) is 48.9 Å². The molecule has 0 amide bonds. The number of nitrogens with zero attached hydrogens (tertiary/aromatic N) is 1. The van der Waals surface area contributed by atoms with Crippen LogP contribution in [-0.2, 0) is 6.42 Å². The van der Waals surface area contributed by atoms with E-state index in [1.54, 1.807) is 6.20 Å². The Hall–Kier alpha value is -1.59. The molecule has 1 aromatic rings. The monoisotopic (exact) mass is 335 g/mol. The van der Waals surface area contributed by atoms with E-state index < -0.39 is 12.7 Å². The SMILES string of the molecule is OB1C=C(C2C3CC4CC2CC(O)(C4)C3)c2c(cnc3c2C=CC3)O1. The van der Waals surface area contributed by atoms with Crippen LogP contribution in [0.15, 0.2) is 18.2 Å². The molecule has 4 nitrogen and oxygen atoms in total. The van der Waals surface area contributed by atoms with Gasteiger partial charge in [0.25, 0.3) is 0 Å². The van der Waals surface area contributed by atoms with Gasteiger partial charge in [0.15, 0.2) is 0 Å². The molecule has 5 heteroatoms. The minimum Gasteiger partial charge on any atom is -0.531 e. The third kappa shape index (κ3) is 2.00. The first-order chi connectivity index (χ1) is 12.1. The highest BCUT2D eigenvalue weighted by molar-refractivity contribution is 6.52. The fraction of sp³-hybridized carbons (Fsp3) is 0.550. The van der Waals surface area contributed by atoms with Crippen LogP contribution in [0.2, 0.25) is 0 Å². The van der Waals surface area contributed by atoms with Gasteiger partial charge in [-0.2, -0.15) is 0 Å². The molecular weight excluding hydrogens is 313 g/mol. The Kier molecular flexibility index (Phi) is 2.78. The molecule has 6 aliphatic rings. The van der Waals surface area contributed by atoms with Gasteiger partial charge >= 0.3 is 7.12 Å². The van der Waals surface area contributed by atoms with E-state index in [9.17, 15) is 10.1 Å². The van der Waals surface area contributed by atoms with Crippen molar-refractivity contribution < 1.29 is 14.8 Å². The van der Waals surface area contributed by atoms with E-state index in [0.29, 0.717) is 29.4 Å². The van der Waals surface area contributed by atoms with Crippen molar-refractivity contribution in [3.63, 3.8) is 0 Å². The molecule has 7 rings (SSSR count). The van der Waals surface area contributed by atoms with Crippen LogP contribution in [0.5, 0.6) is 5.75 Å². The quantitative estimate of drug-likeness (QED) is 0.775. The molecule has 0 spiro atoms. The molecule has 4 fully saturated rings. The van der Waals surface area contributed by atoms with Gasteiger partial charge in [-0.3, -0.25) is 4.98 Å². The van der Waals surface area contributed by atoms with Crippen LogP contribution >= 0.6 is 0 Å². The summed E-state index contributed by atoms with van der Waals surface area (Å²) in [6.45, 7) is 0. The zero-order chi connectivity index (χ0) is 16.8. The molecular formula is C20H22BNO3. The normalized spacial score (nSPS) is 39.9. The second-order valence-electron chi connectivity index (χ2n) is 8.81. The minimum atomic E-state index is -0.895. The van der Waals surface area contributed by atoms with Gasteiger partial charge in [-0.25, -0.2) is 0 Å². The molecule has 5 aliphatic carbocycles. The predicted octanol–water partition coefficient (Wildman–Crippen LogP) is 2.63. The number of rotatable bonds is 1. The summed E-state index contributed by atoms with van der Waals surface area (Å²) in [7, 11) is -0.895. The molecule has 128 valence electrons. The molecule has 0 radical (unpaired) electrons. The van der Waals surface area contributed by atoms with Crippen LogP contribution < -0.4 is 4.65 Å². The van der Waals surface area contributed by atoms with Gasteiger partial charge in [0.2, 0.25) is 0 Å². The Bertz CT molecular complexity index is 816. The topological polar surface area (TPSA) is 62.6 Å². The fourth-order valence-corrected chi connectivity index (χ4v) is 6.73. The summed E-state index contributed by atoms with van der Waals surface area (Å²) in [4.78, 5) is 4.52. The maximum absolute atomic E-state index is 10.9. The van der Waals surface area contributed by atoms with Crippen molar-refractivity contribution in [2.45, 2.75) is 44.1 Å². The van der Waals surface area contributed by atoms with Crippen LogP contribution in [0.3, 0.4) is 0 Å².